The smallest absolute Gasteiger partial charge is 0.221 e. The summed E-state index contributed by atoms with van der Waals surface area (Å²) < 4.78 is 0. The Kier molecular flexibility index (Phi) is 5.94. The maximum Gasteiger partial charge on any atom is 0.221 e. The number of likely N-dealkylation sites (tertiary alicyclic amines) is 1. The molecule has 2 rings (SSSR count). The lowest BCUT2D eigenvalue weighted by molar-refractivity contribution is -0.121. The van der Waals surface area contributed by atoms with Crippen molar-refractivity contribution < 1.29 is 4.79 Å². The minimum atomic E-state index is 0.214. The highest BCUT2D eigenvalue weighted by atomic mass is 16.1. The summed E-state index contributed by atoms with van der Waals surface area (Å²) >= 11 is 0. The van der Waals surface area contributed by atoms with Crippen molar-refractivity contribution in [3.05, 3.63) is 0 Å². The molecule has 0 aromatic heterocycles. The van der Waals surface area contributed by atoms with Crippen LogP contribution in [-0.2, 0) is 4.79 Å². The Morgan fingerprint density at radius 2 is 2.00 bits per heavy atom. The van der Waals surface area contributed by atoms with E-state index in [2.05, 4.69) is 15.5 Å². The molecular weight excluding hydrogens is 226 g/mol. The molecule has 0 spiro atoms. The second-order valence-corrected chi connectivity index (χ2v) is 5.60. The van der Waals surface area contributed by atoms with Crippen LogP contribution in [0.2, 0.25) is 0 Å². The first-order chi connectivity index (χ1) is 8.84. The summed E-state index contributed by atoms with van der Waals surface area (Å²) in [6, 6.07) is 0.411. The van der Waals surface area contributed by atoms with Gasteiger partial charge in [0, 0.05) is 25.6 Å². The zero-order valence-electron chi connectivity index (χ0n) is 11.4. The van der Waals surface area contributed by atoms with Gasteiger partial charge < -0.3 is 15.5 Å². The van der Waals surface area contributed by atoms with E-state index in [4.69, 9.17) is 0 Å². The van der Waals surface area contributed by atoms with Crippen molar-refractivity contribution in [3.8, 4) is 0 Å². The summed E-state index contributed by atoms with van der Waals surface area (Å²) in [7, 11) is 0. The Morgan fingerprint density at radius 1 is 1.17 bits per heavy atom. The third kappa shape index (κ3) is 4.94. The number of piperidine rings is 2. The minimum absolute atomic E-state index is 0.214. The molecule has 4 heteroatoms. The summed E-state index contributed by atoms with van der Waals surface area (Å²) in [5, 5.41) is 6.48. The van der Waals surface area contributed by atoms with Crippen molar-refractivity contribution in [1.29, 1.82) is 0 Å². The van der Waals surface area contributed by atoms with E-state index in [1.54, 1.807) is 0 Å². The second kappa shape index (κ2) is 7.74. The molecule has 1 unspecified atom stereocenters. The number of carbonyl (C=O) groups excluding carboxylic acids is 1. The van der Waals surface area contributed by atoms with Gasteiger partial charge in [0.15, 0.2) is 0 Å². The maximum absolute atomic E-state index is 11.8. The van der Waals surface area contributed by atoms with E-state index >= 15 is 0 Å². The van der Waals surface area contributed by atoms with Gasteiger partial charge in [-0.2, -0.15) is 0 Å². The van der Waals surface area contributed by atoms with E-state index in [1.807, 2.05) is 0 Å². The quantitative estimate of drug-likeness (QED) is 0.772. The predicted octanol–water partition coefficient (Wildman–Crippen LogP) is 1.12. The molecular formula is C14H27N3O. The summed E-state index contributed by atoms with van der Waals surface area (Å²) in [5.41, 5.74) is 0. The normalized spacial score (nSPS) is 25.9. The molecule has 0 aliphatic carbocycles. The van der Waals surface area contributed by atoms with E-state index in [0.717, 1.165) is 26.1 Å². The molecule has 0 bridgehead atoms. The average Bonchev–Trinajstić information content (AvgIpc) is 2.41. The standard InChI is InChI=1S/C14H27N3O/c18-14(12-13-6-2-3-7-15-13)16-8-11-17-9-4-1-5-10-17/h13,15H,1-12H2,(H,16,18). The Labute approximate surface area is 110 Å². The van der Waals surface area contributed by atoms with Gasteiger partial charge in [0.2, 0.25) is 5.91 Å². The summed E-state index contributed by atoms with van der Waals surface area (Å²) in [6.45, 7) is 5.32. The topological polar surface area (TPSA) is 44.4 Å². The Hall–Kier alpha value is -0.610. The molecule has 0 aromatic rings. The van der Waals surface area contributed by atoms with Crippen LogP contribution >= 0.6 is 0 Å². The van der Waals surface area contributed by atoms with Crippen molar-refractivity contribution in [3.63, 3.8) is 0 Å². The first-order valence-electron chi connectivity index (χ1n) is 7.57. The molecule has 4 nitrogen and oxygen atoms in total. The van der Waals surface area contributed by atoms with Crippen molar-refractivity contribution in [2.75, 3.05) is 32.7 Å². The Balaban J connectivity index is 1.53. The average molecular weight is 253 g/mol. The molecule has 18 heavy (non-hydrogen) atoms. The van der Waals surface area contributed by atoms with Crippen molar-refractivity contribution in [2.24, 2.45) is 0 Å². The first-order valence-corrected chi connectivity index (χ1v) is 7.57. The van der Waals surface area contributed by atoms with Gasteiger partial charge in [-0.3, -0.25) is 4.79 Å². The lowest BCUT2D eigenvalue weighted by Gasteiger charge is -2.26. The van der Waals surface area contributed by atoms with Gasteiger partial charge in [-0.15, -0.1) is 0 Å². The molecule has 1 amide bonds. The molecule has 2 N–H and O–H groups in total. The maximum atomic E-state index is 11.8. The lowest BCUT2D eigenvalue weighted by atomic mass is 10.0. The SMILES string of the molecule is O=C(CC1CCCCN1)NCCN1CCCCC1. The fourth-order valence-corrected chi connectivity index (χ4v) is 2.93. The minimum Gasteiger partial charge on any atom is -0.355 e. The zero-order chi connectivity index (χ0) is 12.6. The Bertz CT molecular complexity index is 245. The molecule has 0 aromatic carbocycles. The van der Waals surface area contributed by atoms with E-state index in [1.165, 1.54) is 45.2 Å². The van der Waals surface area contributed by atoms with Crippen LogP contribution in [-0.4, -0.2) is 49.6 Å². The zero-order valence-corrected chi connectivity index (χ0v) is 11.4. The van der Waals surface area contributed by atoms with Gasteiger partial charge in [0.05, 0.1) is 0 Å². The number of amides is 1. The lowest BCUT2D eigenvalue weighted by Crippen LogP contribution is -2.41. The highest BCUT2D eigenvalue weighted by Gasteiger charge is 2.16. The fourth-order valence-electron chi connectivity index (χ4n) is 2.93. The van der Waals surface area contributed by atoms with E-state index in [0.29, 0.717) is 12.5 Å². The number of rotatable bonds is 5. The molecule has 0 saturated carbocycles. The van der Waals surface area contributed by atoms with Crippen LogP contribution < -0.4 is 10.6 Å². The van der Waals surface area contributed by atoms with E-state index in [9.17, 15) is 4.79 Å². The summed E-state index contributed by atoms with van der Waals surface area (Å²) in [5.74, 6) is 0.214. The predicted molar refractivity (Wildman–Crippen MR) is 73.6 cm³/mol. The molecule has 104 valence electrons. The molecule has 1 atom stereocenters. The number of nitrogens with one attached hydrogen (secondary N) is 2. The molecule has 2 heterocycles. The molecule has 2 aliphatic heterocycles. The first kappa shape index (κ1) is 13.8. The largest absolute Gasteiger partial charge is 0.355 e. The van der Waals surface area contributed by atoms with E-state index in [-0.39, 0.29) is 5.91 Å². The van der Waals surface area contributed by atoms with Gasteiger partial charge in [0.1, 0.15) is 0 Å². The molecule has 2 fully saturated rings. The fraction of sp³-hybridized carbons (Fsp3) is 0.929. The summed E-state index contributed by atoms with van der Waals surface area (Å²) in [6.07, 6.45) is 8.33. The van der Waals surface area contributed by atoms with Crippen LogP contribution in [0.1, 0.15) is 44.9 Å². The van der Waals surface area contributed by atoms with Gasteiger partial charge in [0.25, 0.3) is 0 Å². The van der Waals surface area contributed by atoms with Crippen LogP contribution in [0, 0.1) is 0 Å². The van der Waals surface area contributed by atoms with Gasteiger partial charge in [-0.1, -0.05) is 12.8 Å². The number of hydrogen-bond acceptors (Lipinski definition) is 3. The van der Waals surface area contributed by atoms with Crippen LogP contribution in [0.5, 0.6) is 0 Å². The van der Waals surface area contributed by atoms with Gasteiger partial charge in [-0.25, -0.2) is 0 Å². The molecule has 2 saturated heterocycles. The monoisotopic (exact) mass is 253 g/mol. The molecule has 2 aliphatic rings. The third-order valence-corrected chi connectivity index (χ3v) is 4.04. The molecule has 0 radical (unpaired) electrons. The number of carbonyl (C=O) groups is 1. The second-order valence-electron chi connectivity index (χ2n) is 5.60. The van der Waals surface area contributed by atoms with Crippen LogP contribution in [0.25, 0.3) is 0 Å². The van der Waals surface area contributed by atoms with Crippen LogP contribution in [0.3, 0.4) is 0 Å². The Morgan fingerprint density at radius 3 is 2.72 bits per heavy atom. The third-order valence-electron chi connectivity index (χ3n) is 4.04. The van der Waals surface area contributed by atoms with Gasteiger partial charge >= 0.3 is 0 Å². The summed E-state index contributed by atoms with van der Waals surface area (Å²) in [4.78, 5) is 14.2. The van der Waals surface area contributed by atoms with Gasteiger partial charge in [-0.05, 0) is 45.3 Å². The van der Waals surface area contributed by atoms with Crippen LogP contribution in [0.15, 0.2) is 0 Å². The van der Waals surface area contributed by atoms with Crippen molar-refractivity contribution >= 4 is 5.91 Å². The van der Waals surface area contributed by atoms with E-state index < -0.39 is 0 Å². The van der Waals surface area contributed by atoms with Crippen molar-refractivity contribution in [2.45, 2.75) is 51.0 Å². The van der Waals surface area contributed by atoms with Crippen LogP contribution in [0.4, 0.5) is 0 Å². The number of hydrogen-bond donors (Lipinski definition) is 2. The highest BCUT2D eigenvalue weighted by molar-refractivity contribution is 5.76. The highest BCUT2D eigenvalue weighted by Crippen LogP contribution is 2.10. The number of nitrogens with zero attached hydrogens (tertiary/aromatic N) is 1. The van der Waals surface area contributed by atoms with Crippen molar-refractivity contribution in [1.82, 2.24) is 15.5 Å².